The molecule has 38 heavy (non-hydrogen) atoms. The predicted octanol–water partition coefficient (Wildman–Crippen LogP) is 5.16. The first kappa shape index (κ1) is 27.2. The predicted molar refractivity (Wildman–Crippen MR) is 150 cm³/mol. The van der Waals surface area contributed by atoms with Crippen molar-refractivity contribution in [3.05, 3.63) is 89.0 Å². The molecule has 4 rings (SSSR count). The Labute approximate surface area is 225 Å². The molecule has 3 aromatic rings. The maximum absolute atomic E-state index is 13.0. The molecule has 0 atom stereocenters. The van der Waals surface area contributed by atoms with Gasteiger partial charge >= 0.3 is 0 Å². The van der Waals surface area contributed by atoms with Crippen molar-refractivity contribution in [2.45, 2.75) is 32.7 Å². The summed E-state index contributed by atoms with van der Waals surface area (Å²) in [5.74, 6) is 1.64. The van der Waals surface area contributed by atoms with Gasteiger partial charge in [-0.2, -0.15) is 0 Å². The number of likely N-dealkylation sites (tertiary alicyclic amines) is 1. The second-order valence-corrected chi connectivity index (χ2v) is 9.85. The van der Waals surface area contributed by atoms with Gasteiger partial charge in [0.15, 0.2) is 11.5 Å². The standard InChI is InChI=1S/C31H37N3O4/c1-22-15-18-34(19-16-22)21-24-8-11-25(12-9-24)30(35)33-27-7-5-4-6-26(27)31(36)32-17-14-23-10-13-28(37-2)29(20-23)38-3/h4-13,20,22H,14-19,21H2,1-3H3,(H,32,36)(H,33,35). The van der Waals surface area contributed by atoms with Gasteiger partial charge in [0.25, 0.3) is 11.8 Å². The van der Waals surface area contributed by atoms with Gasteiger partial charge in [0.2, 0.25) is 0 Å². The largest absolute Gasteiger partial charge is 0.493 e. The summed E-state index contributed by atoms with van der Waals surface area (Å²) in [4.78, 5) is 28.4. The molecule has 7 nitrogen and oxygen atoms in total. The maximum atomic E-state index is 13.0. The van der Waals surface area contributed by atoms with Crippen LogP contribution in [0.1, 0.15) is 51.6 Å². The molecule has 0 bridgehead atoms. The van der Waals surface area contributed by atoms with Gasteiger partial charge in [-0.05, 0) is 85.8 Å². The zero-order valence-corrected chi connectivity index (χ0v) is 22.5. The first-order chi connectivity index (χ1) is 18.5. The van der Waals surface area contributed by atoms with E-state index in [1.165, 1.54) is 18.4 Å². The number of benzene rings is 3. The molecule has 1 heterocycles. The molecule has 3 aromatic carbocycles. The Morgan fingerprint density at radius 2 is 1.55 bits per heavy atom. The molecule has 0 radical (unpaired) electrons. The third kappa shape index (κ3) is 7.13. The normalized spacial score (nSPS) is 14.1. The molecule has 1 saturated heterocycles. The molecule has 200 valence electrons. The van der Waals surface area contributed by atoms with Crippen molar-refractivity contribution in [2.75, 3.05) is 39.2 Å². The number of anilines is 1. The van der Waals surface area contributed by atoms with Gasteiger partial charge in [0.05, 0.1) is 25.5 Å². The molecular weight excluding hydrogens is 478 g/mol. The fourth-order valence-corrected chi connectivity index (χ4v) is 4.68. The smallest absolute Gasteiger partial charge is 0.255 e. The zero-order chi connectivity index (χ0) is 26.9. The number of carbonyl (C=O) groups is 2. The van der Waals surface area contributed by atoms with Crippen LogP contribution in [0.2, 0.25) is 0 Å². The summed E-state index contributed by atoms with van der Waals surface area (Å²) < 4.78 is 10.6. The number of hydrogen-bond donors (Lipinski definition) is 2. The Balaban J connectivity index is 1.33. The van der Waals surface area contributed by atoms with Gasteiger partial charge in [-0.25, -0.2) is 0 Å². The number of rotatable bonds is 10. The Kier molecular flexibility index (Phi) is 9.38. The molecule has 0 aromatic heterocycles. The van der Waals surface area contributed by atoms with Crippen molar-refractivity contribution in [1.82, 2.24) is 10.2 Å². The second-order valence-electron chi connectivity index (χ2n) is 9.85. The highest BCUT2D eigenvalue weighted by molar-refractivity contribution is 6.09. The minimum absolute atomic E-state index is 0.242. The number of carbonyl (C=O) groups excluding carboxylic acids is 2. The first-order valence-electron chi connectivity index (χ1n) is 13.2. The first-order valence-corrected chi connectivity index (χ1v) is 13.2. The van der Waals surface area contributed by atoms with Crippen LogP contribution in [0.3, 0.4) is 0 Å². The molecule has 0 spiro atoms. The van der Waals surface area contributed by atoms with Gasteiger partial charge in [0.1, 0.15) is 0 Å². The molecule has 0 aliphatic carbocycles. The van der Waals surface area contributed by atoms with Crippen molar-refractivity contribution < 1.29 is 19.1 Å². The average Bonchev–Trinajstić information content (AvgIpc) is 2.94. The van der Waals surface area contributed by atoms with E-state index in [0.29, 0.717) is 41.3 Å². The molecule has 1 fully saturated rings. The quantitative estimate of drug-likeness (QED) is 0.390. The van der Waals surface area contributed by atoms with Crippen LogP contribution < -0.4 is 20.1 Å². The lowest BCUT2D eigenvalue weighted by atomic mass is 9.99. The van der Waals surface area contributed by atoms with E-state index >= 15 is 0 Å². The van der Waals surface area contributed by atoms with Gasteiger partial charge in [-0.3, -0.25) is 14.5 Å². The second kappa shape index (κ2) is 13.1. The summed E-state index contributed by atoms with van der Waals surface area (Å²) in [5, 5.41) is 5.86. The molecule has 0 unspecified atom stereocenters. The van der Waals surface area contributed by atoms with E-state index < -0.39 is 0 Å². The summed E-state index contributed by atoms with van der Waals surface area (Å²) in [6.45, 7) is 5.90. The van der Waals surface area contributed by atoms with Crippen molar-refractivity contribution in [3.8, 4) is 11.5 Å². The summed E-state index contributed by atoms with van der Waals surface area (Å²) in [6.07, 6.45) is 3.11. The van der Waals surface area contributed by atoms with Crippen LogP contribution in [0.15, 0.2) is 66.7 Å². The lowest BCUT2D eigenvalue weighted by molar-refractivity contribution is 0.0955. The molecule has 1 aliphatic rings. The van der Waals surface area contributed by atoms with Gasteiger partial charge in [-0.1, -0.05) is 37.3 Å². The van der Waals surface area contributed by atoms with Gasteiger partial charge in [-0.15, -0.1) is 0 Å². The Morgan fingerprint density at radius 3 is 2.26 bits per heavy atom. The van der Waals surface area contributed by atoms with Crippen LogP contribution in [0.4, 0.5) is 5.69 Å². The lowest BCUT2D eigenvalue weighted by Gasteiger charge is -2.30. The van der Waals surface area contributed by atoms with Crippen molar-refractivity contribution in [2.24, 2.45) is 5.92 Å². The average molecular weight is 516 g/mol. The molecule has 1 aliphatic heterocycles. The molecule has 7 heteroatoms. The van der Waals surface area contributed by atoms with E-state index in [4.69, 9.17) is 9.47 Å². The van der Waals surface area contributed by atoms with Crippen molar-refractivity contribution >= 4 is 17.5 Å². The third-order valence-electron chi connectivity index (χ3n) is 7.07. The fraction of sp³-hybridized carbons (Fsp3) is 0.355. The number of hydrogen-bond acceptors (Lipinski definition) is 5. The monoisotopic (exact) mass is 515 g/mol. The van der Waals surface area contributed by atoms with Crippen molar-refractivity contribution in [1.29, 1.82) is 0 Å². The van der Waals surface area contributed by atoms with Crippen LogP contribution in [0.5, 0.6) is 11.5 Å². The van der Waals surface area contributed by atoms with E-state index in [9.17, 15) is 9.59 Å². The summed E-state index contributed by atoms with van der Waals surface area (Å²) in [6, 6.07) is 20.5. The Morgan fingerprint density at radius 1 is 0.868 bits per heavy atom. The minimum Gasteiger partial charge on any atom is -0.493 e. The summed E-state index contributed by atoms with van der Waals surface area (Å²) in [7, 11) is 3.19. The molecule has 2 amide bonds. The Bertz CT molecular complexity index is 1230. The number of ether oxygens (including phenoxy) is 2. The number of methoxy groups -OCH3 is 2. The fourth-order valence-electron chi connectivity index (χ4n) is 4.68. The maximum Gasteiger partial charge on any atom is 0.255 e. The SMILES string of the molecule is COc1ccc(CCNC(=O)c2ccccc2NC(=O)c2ccc(CN3CCC(C)CC3)cc2)cc1OC. The van der Waals surface area contributed by atoms with E-state index in [0.717, 1.165) is 31.1 Å². The zero-order valence-electron chi connectivity index (χ0n) is 22.5. The third-order valence-corrected chi connectivity index (χ3v) is 7.07. The molecule has 2 N–H and O–H groups in total. The minimum atomic E-state index is -0.243. The summed E-state index contributed by atoms with van der Waals surface area (Å²) >= 11 is 0. The van der Waals surface area contributed by atoms with Crippen LogP contribution >= 0.6 is 0 Å². The highest BCUT2D eigenvalue weighted by Crippen LogP contribution is 2.27. The summed E-state index contributed by atoms with van der Waals surface area (Å²) in [5.41, 5.74) is 3.68. The van der Waals surface area contributed by atoms with Gasteiger partial charge in [0, 0.05) is 18.7 Å². The molecule has 0 saturated carbocycles. The highest BCUT2D eigenvalue weighted by Gasteiger charge is 2.17. The van der Waals surface area contributed by atoms with Gasteiger partial charge < -0.3 is 20.1 Å². The topological polar surface area (TPSA) is 79.9 Å². The van der Waals surface area contributed by atoms with Crippen LogP contribution in [-0.4, -0.2) is 50.6 Å². The van der Waals surface area contributed by atoms with E-state index in [1.807, 2.05) is 42.5 Å². The van der Waals surface area contributed by atoms with Crippen LogP contribution in [0.25, 0.3) is 0 Å². The Hall–Kier alpha value is -3.84. The van der Waals surface area contributed by atoms with E-state index in [1.54, 1.807) is 38.5 Å². The molecular formula is C31H37N3O4. The number of nitrogens with zero attached hydrogens (tertiary/aromatic N) is 1. The van der Waals surface area contributed by atoms with E-state index in [-0.39, 0.29) is 11.8 Å². The number of para-hydroxylation sites is 1. The number of nitrogens with one attached hydrogen (secondary N) is 2. The van der Waals surface area contributed by atoms with Crippen LogP contribution in [-0.2, 0) is 13.0 Å². The highest BCUT2D eigenvalue weighted by atomic mass is 16.5. The number of piperidine rings is 1. The number of amides is 2. The lowest BCUT2D eigenvalue weighted by Crippen LogP contribution is -2.32. The van der Waals surface area contributed by atoms with E-state index in [2.05, 4.69) is 22.5 Å². The van der Waals surface area contributed by atoms with Crippen molar-refractivity contribution in [3.63, 3.8) is 0 Å². The van der Waals surface area contributed by atoms with Crippen LogP contribution in [0, 0.1) is 5.92 Å².